The van der Waals surface area contributed by atoms with Gasteiger partial charge >= 0.3 is 0 Å². The minimum absolute atomic E-state index is 0. The van der Waals surface area contributed by atoms with E-state index in [1.54, 1.807) is 13.1 Å². The molecule has 1 heterocycles. The molecule has 0 fully saturated rings. The van der Waals surface area contributed by atoms with Gasteiger partial charge in [-0.05, 0) is 12.1 Å². The zero-order chi connectivity index (χ0) is 18.2. The largest absolute Gasteiger partial charge is 0.493 e. The number of rotatable bonds is 6. The molecule has 1 aliphatic rings. The second kappa shape index (κ2) is 10.8. The Kier molecular flexibility index (Phi) is 8.44. The highest BCUT2D eigenvalue weighted by atomic mass is 127. The van der Waals surface area contributed by atoms with E-state index in [0.717, 1.165) is 35.0 Å². The predicted molar refractivity (Wildman–Crippen MR) is 120 cm³/mol. The standard InChI is InChI=1S/C21H25N3O2.HI/c1-3-13-25-19-10-6-4-8-16(19)15-23-21(22-2)24-18-12-14-26-20-11-7-5-9-17(18)20;/h3-11,18H,1,12-15H2,2H3,(H2,22,23,24);1H. The molecule has 1 atom stereocenters. The molecule has 1 aliphatic heterocycles. The van der Waals surface area contributed by atoms with Crippen LogP contribution in [0, 0.1) is 0 Å². The van der Waals surface area contributed by atoms with Crippen LogP contribution in [0.1, 0.15) is 23.6 Å². The Hall–Kier alpha value is -2.22. The van der Waals surface area contributed by atoms with Gasteiger partial charge in [-0.3, -0.25) is 4.99 Å². The Morgan fingerprint density at radius 3 is 2.85 bits per heavy atom. The number of benzene rings is 2. The van der Waals surface area contributed by atoms with Crippen molar-refractivity contribution in [3.63, 3.8) is 0 Å². The Balaban J connectivity index is 0.00000261. The zero-order valence-electron chi connectivity index (χ0n) is 15.5. The lowest BCUT2D eigenvalue weighted by Crippen LogP contribution is -2.40. The van der Waals surface area contributed by atoms with Crippen LogP contribution >= 0.6 is 24.0 Å². The predicted octanol–water partition coefficient (Wildman–Crippen LogP) is 4.06. The molecule has 2 aromatic carbocycles. The Labute approximate surface area is 177 Å². The Bertz CT molecular complexity index is 780. The van der Waals surface area contributed by atoms with Gasteiger partial charge in [0.2, 0.25) is 0 Å². The van der Waals surface area contributed by atoms with E-state index < -0.39 is 0 Å². The number of fused-ring (bicyclic) bond motifs is 1. The van der Waals surface area contributed by atoms with Gasteiger partial charge in [0.15, 0.2) is 5.96 Å². The quantitative estimate of drug-likeness (QED) is 0.284. The maximum atomic E-state index is 5.73. The molecule has 6 heteroatoms. The molecule has 0 aromatic heterocycles. The lowest BCUT2D eigenvalue weighted by molar-refractivity contribution is 0.261. The van der Waals surface area contributed by atoms with Crippen molar-refractivity contribution >= 4 is 29.9 Å². The first kappa shape index (κ1) is 21.1. The lowest BCUT2D eigenvalue weighted by atomic mass is 10.0. The Morgan fingerprint density at radius 2 is 2.04 bits per heavy atom. The number of para-hydroxylation sites is 2. The van der Waals surface area contributed by atoms with E-state index in [1.165, 1.54) is 0 Å². The van der Waals surface area contributed by atoms with Crippen LogP contribution in [0.25, 0.3) is 0 Å². The minimum atomic E-state index is 0. The lowest BCUT2D eigenvalue weighted by Gasteiger charge is -2.28. The summed E-state index contributed by atoms with van der Waals surface area (Å²) in [6.45, 7) is 5.51. The zero-order valence-corrected chi connectivity index (χ0v) is 17.8. The van der Waals surface area contributed by atoms with Gasteiger partial charge in [0.1, 0.15) is 18.1 Å². The fourth-order valence-corrected chi connectivity index (χ4v) is 2.97. The highest BCUT2D eigenvalue weighted by Gasteiger charge is 2.21. The van der Waals surface area contributed by atoms with Crippen LogP contribution in [-0.2, 0) is 6.54 Å². The first-order chi connectivity index (χ1) is 12.8. The third kappa shape index (κ3) is 5.63. The SMILES string of the molecule is C=CCOc1ccccc1CNC(=NC)NC1CCOc2ccccc21.I. The van der Waals surface area contributed by atoms with Gasteiger partial charge in [0.05, 0.1) is 12.6 Å². The summed E-state index contributed by atoms with van der Waals surface area (Å²) in [4.78, 5) is 4.36. The number of halogens is 1. The van der Waals surface area contributed by atoms with E-state index in [4.69, 9.17) is 9.47 Å². The third-order valence-corrected chi connectivity index (χ3v) is 4.27. The van der Waals surface area contributed by atoms with E-state index in [9.17, 15) is 0 Å². The smallest absolute Gasteiger partial charge is 0.191 e. The molecule has 0 spiro atoms. The number of nitrogens with zero attached hydrogens (tertiary/aromatic N) is 1. The van der Waals surface area contributed by atoms with Crippen molar-refractivity contribution in [1.82, 2.24) is 10.6 Å². The number of aliphatic imine (C=N–C) groups is 1. The molecule has 0 bridgehead atoms. The molecule has 3 rings (SSSR count). The molecule has 0 radical (unpaired) electrons. The van der Waals surface area contributed by atoms with E-state index in [-0.39, 0.29) is 30.0 Å². The second-order valence-electron chi connectivity index (χ2n) is 6.01. The molecular formula is C21H26IN3O2. The molecular weight excluding hydrogens is 453 g/mol. The van der Waals surface area contributed by atoms with E-state index in [2.05, 4.69) is 28.3 Å². The molecule has 2 aromatic rings. The van der Waals surface area contributed by atoms with Crippen molar-refractivity contribution in [2.24, 2.45) is 4.99 Å². The molecule has 0 amide bonds. The fraction of sp³-hybridized carbons (Fsp3) is 0.286. The van der Waals surface area contributed by atoms with E-state index >= 15 is 0 Å². The van der Waals surface area contributed by atoms with Crippen LogP contribution in [0.5, 0.6) is 11.5 Å². The third-order valence-electron chi connectivity index (χ3n) is 4.27. The van der Waals surface area contributed by atoms with Crippen LogP contribution in [0.15, 0.2) is 66.2 Å². The molecule has 1 unspecified atom stereocenters. The van der Waals surface area contributed by atoms with Crippen molar-refractivity contribution in [2.45, 2.75) is 19.0 Å². The van der Waals surface area contributed by atoms with Crippen LogP contribution in [-0.4, -0.2) is 26.2 Å². The maximum Gasteiger partial charge on any atom is 0.191 e. The summed E-state index contributed by atoms with van der Waals surface area (Å²) in [5, 5.41) is 6.87. The highest BCUT2D eigenvalue weighted by Crippen LogP contribution is 2.31. The van der Waals surface area contributed by atoms with E-state index in [0.29, 0.717) is 19.8 Å². The normalized spacial score (nSPS) is 15.6. The molecule has 5 nitrogen and oxygen atoms in total. The van der Waals surface area contributed by atoms with Gasteiger partial charge in [0, 0.05) is 31.1 Å². The van der Waals surface area contributed by atoms with Crippen molar-refractivity contribution in [1.29, 1.82) is 0 Å². The molecule has 27 heavy (non-hydrogen) atoms. The maximum absolute atomic E-state index is 5.73. The number of ether oxygens (including phenoxy) is 2. The highest BCUT2D eigenvalue weighted by molar-refractivity contribution is 14.0. The van der Waals surface area contributed by atoms with Crippen molar-refractivity contribution in [3.8, 4) is 11.5 Å². The van der Waals surface area contributed by atoms with Crippen molar-refractivity contribution < 1.29 is 9.47 Å². The monoisotopic (exact) mass is 479 g/mol. The summed E-state index contributed by atoms with van der Waals surface area (Å²) >= 11 is 0. The number of nitrogens with one attached hydrogen (secondary N) is 2. The molecule has 0 aliphatic carbocycles. The summed E-state index contributed by atoms with van der Waals surface area (Å²) in [6, 6.07) is 16.3. The van der Waals surface area contributed by atoms with Gasteiger partial charge in [-0.15, -0.1) is 24.0 Å². The first-order valence-electron chi connectivity index (χ1n) is 8.82. The fourth-order valence-electron chi connectivity index (χ4n) is 2.97. The van der Waals surface area contributed by atoms with Gasteiger partial charge < -0.3 is 20.1 Å². The molecule has 0 saturated heterocycles. The van der Waals surface area contributed by atoms with E-state index in [1.807, 2.05) is 42.5 Å². The topological polar surface area (TPSA) is 54.9 Å². The Morgan fingerprint density at radius 1 is 1.26 bits per heavy atom. The van der Waals surface area contributed by atoms with Crippen LogP contribution in [0.3, 0.4) is 0 Å². The number of hydrogen-bond donors (Lipinski definition) is 2. The minimum Gasteiger partial charge on any atom is -0.493 e. The van der Waals surface area contributed by atoms with Gasteiger partial charge in [0.25, 0.3) is 0 Å². The summed E-state index contributed by atoms with van der Waals surface area (Å²) in [5.41, 5.74) is 2.24. The van der Waals surface area contributed by atoms with Crippen LogP contribution < -0.4 is 20.1 Å². The molecule has 2 N–H and O–H groups in total. The number of guanidine groups is 1. The van der Waals surface area contributed by atoms with Crippen LogP contribution in [0.4, 0.5) is 0 Å². The second-order valence-corrected chi connectivity index (χ2v) is 6.01. The summed E-state index contributed by atoms with van der Waals surface area (Å²) in [5.74, 6) is 2.55. The average molecular weight is 479 g/mol. The van der Waals surface area contributed by atoms with Gasteiger partial charge in [-0.2, -0.15) is 0 Å². The van der Waals surface area contributed by atoms with Gasteiger partial charge in [-0.1, -0.05) is 49.1 Å². The summed E-state index contributed by atoms with van der Waals surface area (Å²) in [7, 11) is 1.78. The van der Waals surface area contributed by atoms with Gasteiger partial charge in [-0.25, -0.2) is 0 Å². The first-order valence-corrected chi connectivity index (χ1v) is 8.82. The summed E-state index contributed by atoms with van der Waals surface area (Å²) in [6.07, 6.45) is 2.64. The van der Waals surface area contributed by atoms with Crippen molar-refractivity contribution in [3.05, 3.63) is 72.3 Å². The number of hydrogen-bond acceptors (Lipinski definition) is 3. The summed E-state index contributed by atoms with van der Waals surface area (Å²) < 4.78 is 11.4. The average Bonchev–Trinajstić information content (AvgIpc) is 2.70. The van der Waals surface area contributed by atoms with Crippen molar-refractivity contribution in [2.75, 3.05) is 20.3 Å². The van der Waals surface area contributed by atoms with Crippen LogP contribution in [0.2, 0.25) is 0 Å². The molecule has 144 valence electrons. The molecule has 0 saturated carbocycles.